The Kier molecular flexibility index (Phi) is 8.06. The van der Waals surface area contributed by atoms with Crippen molar-refractivity contribution in [2.45, 2.75) is 40.2 Å². The second kappa shape index (κ2) is 9.53. The van der Waals surface area contributed by atoms with Gasteiger partial charge in [-0.25, -0.2) is 0 Å². The molecule has 128 valence electrons. The van der Waals surface area contributed by atoms with E-state index >= 15 is 0 Å². The van der Waals surface area contributed by atoms with Crippen LogP contribution in [0.25, 0.3) is 0 Å². The molecule has 0 saturated carbocycles. The van der Waals surface area contributed by atoms with Crippen LogP contribution < -0.4 is 15.5 Å². The first-order valence-corrected chi connectivity index (χ1v) is 8.42. The van der Waals surface area contributed by atoms with E-state index in [9.17, 15) is 9.59 Å². The van der Waals surface area contributed by atoms with Gasteiger partial charge in [0.15, 0.2) is 13.1 Å². The summed E-state index contributed by atoms with van der Waals surface area (Å²) >= 11 is 5.95. The van der Waals surface area contributed by atoms with Crippen molar-refractivity contribution in [3.63, 3.8) is 0 Å². The van der Waals surface area contributed by atoms with Crippen molar-refractivity contribution in [2.24, 2.45) is 0 Å². The van der Waals surface area contributed by atoms with Crippen molar-refractivity contribution >= 4 is 29.1 Å². The topological polar surface area (TPSA) is 62.6 Å². The number of aryl methyl sites for hydroxylation is 1. The molecule has 0 fully saturated rings. The van der Waals surface area contributed by atoms with Crippen LogP contribution >= 0.6 is 11.6 Å². The van der Waals surface area contributed by atoms with E-state index in [4.69, 9.17) is 11.6 Å². The fourth-order valence-electron chi connectivity index (χ4n) is 2.12. The largest absolute Gasteiger partial charge is 0.349 e. The minimum absolute atomic E-state index is 0.0251. The molecule has 2 amide bonds. The van der Waals surface area contributed by atoms with E-state index in [0.717, 1.165) is 16.9 Å². The first-order valence-electron chi connectivity index (χ1n) is 8.04. The van der Waals surface area contributed by atoms with E-state index < -0.39 is 0 Å². The van der Waals surface area contributed by atoms with Gasteiger partial charge in [0.1, 0.15) is 0 Å². The molecule has 0 spiro atoms. The number of hydrogen-bond donors (Lipinski definition) is 3. The smallest absolute Gasteiger partial charge is 0.279 e. The van der Waals surface area contributed by atoms with Crippen LogP contribution in [-0.4, -0.2) is 37.5 Å². The van der Waals surface area contributed by atoms with Gasteiger partial charge >= 0.3 is 0 Å². The molecule has 1 unspecified atom stereocenters. The number of amides is 2. The van der Waals surface area contributed by atoms with Crippen LogP contribution in [0.3, 0.4) is 0 Å². The molecule has 2 atom stereocenters. The number of carbonyl (C=O) groups excluding carboxylic acids is 2. The van der Waals surface area contributed by atoms with E-state index in [-0.39, 0.29) is 24.4 Å². The number of anilines is 1. The van der Waals surface area contributed by atoms with E-state index in [1.54, 1.807) is 12.1 Å². The Hall–Kier alpha value is -1.59. The highest BCUT2D eigenvalue weighted by Gasteiger charge is 2.18. The summed E-state index contributed by atoms with van der Waals surface area (Å²) in [6.07, 6.45) is 0.891. The number of nitrogens with one attached hydrogen (secondary N) is 3. The van der Waals surface area contributed by atoms with E-state index in [1.165, 1.54) is 0 Å². The second-order valence-corrected chi connectivity index (χ2v) is 6.28. The normalized spacial score (nSPS) is 13.3. The molecule has 0 aromatic heterocycles. The minimum Gasteiger partial charge on any atom is -0.349 e. The number of hydrogen-bond acceptors (Lipinski definition) is 2. The minimum atomic E-state index is -0.122. The molecular formula is C17H27ClN3O2+. The first-order chi connectivity index (χ1) is 10.8. The number of likely N-dealkylation sites (N-methyl/N-ethyl adjacent to an activating group) is 1. The lowest BCUT2D eigenvalue weighted by Crippen LogP contribution is -3.14. The third kappa shape index (κ3) is 7.01. The predicted molar refractivity (Wildman–Crippen MR) is 94.0 cm³/mol. The van der Waals surface area contributed by atoms with Crippen molar-refractivity contribution in [2.75, 3.05) is 25.0 Å². The molecule has 3 N–H and O–H groups in total. The Bertz CT molecular complexity index is 549. The van der Waals surface area contributed by atoms with Gasteiger partial charge in [0.05, 0.1) is 6.54 Å². The molecule has 0 radical (unpaired) electrons. The summed E-state index contributed by atoms with van der Waals surface area (Å²) in [5.41, 5.74) is 1.66. The zero-order valence-corrected chi connectivity index (χ0v) is 15.1. The highest BCUT2D eigenvalue weighted by Crippen LogP contribution is 2.19. The third-order valence-electron chi connectivity index (χ3n) is 3.81. The molecule has 6 heteroatoms. The Morgan fingerprint density at radius 2 is 1.87 bits per heavy atom. The lowest BCUT2D eigenvalue weighted by molar-refractivity contribution is -0.881. The predicted octanol–water partition coefficient (Wildman–Crippen LogP) is 1.41. The molecule has 1 aromatic rings. The third-order valence-corrected chi connectivity index (χ3v) is 4.05. The molecule has 5 nitrogen and oxygen atoms in total. The number of halogens is 1. The molecule has 0 aliphatic heterocycles. The average molecular weight is 341 g/mol. The Morgan fingerprint density at radius 1 is 1.22 bits per heavy atom. The average Bonchev–Trinajstić information content (AvgIpc) is 2.49. The maximum Gasteiger partial charge on any atom is 0.279 e. The quantitative estimate of drug-likeness (QED) is 0.670. The Balaban J connectivity index is 2.56. The summed E-state index contributed by atoms with van der Waals surface area (Å²) in [4.78, 5) is 25.1. The second-order valence-electron chi connectivity index (χ2n) is 5.84. The van der Waals surface area contributed by atoms with Gasteiger partial charge in [-0.1, -0.05) is 24.6 Å². The first kappa shape index (κ1) is 19.5. The lowest BCUT2D eigenvalue weighted by atomic mass is 10.2. The summed E-state index contributed by atoms with van der Waals surface area (Å²) in [6.45, 7) is 9.11. The van der Waals surface area contributed by atoms with E-state index in [2.05, 4.69) is 10.6 Å². The van der Waals surface area contributed by atoms with Crippen LogP contribution in [0.1, 0.15) is 32.8 Å². The SMILES string of the molecule is CC[C@@H](C)NC(=O)C[NH+](CC)CC(=O)Nc1cc(Cl)ccc1C. The zero-order valence-electron chi connectivity index (χ0n) is 14.3. The number of quaternary nitrogens is 1. The number of carbonyl (C=O) groups is 2. The van der Waals surface area contributed by atoms with Crippen LogP contribution in [0.5, 0.6) is 0 Å². The molecule has 0 saturated heterocycles. The van der Waals surface area contributed by atoms with Gasteiger partial charge < -0.3 is 15.5 Å². The summed E-state index contributed by atoms with van der Waals surface area (Å²) < 4.78 is 0. The van der Waals surface area contributed by atoms with Crippen molar-refractivity contribution < 1.29 is 14.5 Å². The van der Waals surface area contributed by atoms with Crippen LogP contribution in [0, 0.1) is 6.92 Å². The van der Waals surface area contributed by atoms with Crippen LogP contribution in [-0.2, 0) is 9.59 Å². The standard InChI is InChI=1S/C17H26ClN3O2/c1-5-13(4)19-16(22)10-21(6-2)11-17(23)20-15-9-14(18)8-7-12(15)3/h7-9,13H,5-6,10-11H2,1-4H3,(H,19,22)(H,20,23)/p+1/t13-/m1/s1. The molecule has 23 heavy (non-hydrogen) atoms. The molecular weight excluding hydrogens is 314 g/mol. The number of rotatable bonds is 8. The summed E-state index contributed by atoms with van der Waals surface area (Å²) in [5.74, 6) is -0.147. The fraction of sp³-hybridized carbons (Fsp3) is 0.529. The molecule has 1 aromatic carbocycles. The van der Waals surface area contributed by atoms with E-state index in [0.29, 0.717) is 23.8 Å². The van der Waals surface area contributed by atoms with Gasteiger partial charge in [0.2, 0.25) is 0 Å². The Labute approximate surface area is 143 Å². The van der Waals surface area contributed by atoms with E-state index in [1.807, 2.05) is 33.8 Å². The van der Waals surface area contributed by atoms with Gasteiger partial charge in [0, 0.05) is 16.8 Å². The maximum absolute atomic E-state index is 12.2. The Morgan fingerprint density at radius 3 is 2.48 bits per heavy atom. The highest BCUT2D eigenvalue weighted by molar-refractivity contribution is 6.31. The molecule has 0 aliphatic rings. The van der Waals surface area contributed by atoms with Crippen LogP contribution in [0.2, 0.25) is 5.02 Å². The monoisotopic (exact) mass is 340 g/mol. The van der Waals surface area contributed by atoms with Crippen LogP contribution in [0.4, 0.5) is 5.69 Å². The maximum atomic E-state index is 12.2. The lowest BCUT2D eigenvalue weighted by Gasteiger charge is -2.19. The van der Waals surface area contributed by atoms with Gasteiger partial charge in [-0.3, -0.25) is 9.59 Å². The van der Waals surface area contributed by atoms with Gasteiger partial charge in [-0.2, -0.15) is 0 Å². The summed E-state index contributed by atoms with van der Waals surface area (Å²) in [6, 6.07) is 5.54. The van der Waals surface area contributed by atoms with Crippen molar-refractivity contribution in [1.29, 1.82) is 0 Å². The molecule has 0 aliphatic carbocycles. The van der Waals surface area contributed by atoms with Gasteiger partial charge in [-0.15, -0.1) is 0 Å². The van der Waals surface area contributed by atoms with Crippen molar-refractivity contribution in [1.82, 2.24) is 5.32 Å². The van der Waals surface area contributed by atoms with Gasteiger partial charge in [-0.05, 0) is 44.9 Å². The fourth-order valence-corrected chi connectivity index (χ4v) is 2.29. The summed E-state index contributed by atoms with van der Waals surface area (Å²) in [5, 5.41) is 6.37. The molecule has 0 heterocycles. The van der Waals surface area contributed by atoms with Gasteiger partial charge in [0.25, 0.3) is 11.8 Å². The molecule has 1 rings (SSSR count). The van der Waals surface area contributed by atoms with Crippen LogP contribution in [0.15, 0.2) is 18.2 Å². The highest BCUT2D eigenvalue weighted by atomic mass is 35.5. The molecule has 0 bridgehead atoms. The zero-order chi connectivity index (χ0) is 17.4. The van der Waals surface area contributed by atoms with Crippen molar-refractivity contribution in [3.05, 3.63) is 28.8 Å². The van der Waals surface area contributed by atoms with Crippen molar-refractivity contribution in [3.8, 4) is 0 Å². The number of benzene rings is 1. The summed E-state index contributed by atoms with van der Waals surface area (Å²) in [7, 11) is 0.